The summed E-state index contributed by atoms with van der Waals surface area (Å²) in [7, 11) is 1.32. The molecule has 2 rings (SSSR count). The molecule has 0 unspecified atom stereocenters. The van der Waals surface area contributed by atoms with Crippen molar-refractivity contribution in [2.45, 2.75) is 13.5 Å². The van der Waals surface area contributed by atoms with Crippen LogP contribution in [-0.4, -0.2) is 19.0 Å². The Bertz CT molecular complexity index is 714. The van der Waals surface area contributed by atoms with Crippen LogP contribution in [0.4, 0.5) is 0 Å². The van der Waals surface area contributed by atoms with Gasteiger partial charge >= 0.3 is 11.9 Å². The average molecular weight is 310 g/mol. The fraction of sp³-hybridized carbons (Fsp3) is 0.158. The zero-order chi connectivity index (χ0) is 16.7. The summed E-state index contributed by atoms with van der Waals surface area (Å²) in [5.41, 5.74) is 3.25. The van der Waals surface area contributed by atoms with Crippen LogP contribution in [-0.2, 0) is 20.9 Å². The molecular weight excluding hydrogens is 292 g/mol. The molecule has 0 N–H and O–H groups in total. The van der Waals surface area contributed by atoms with E-state index >= 15 is 0 Å². The maximum absolute atomic E-state index is 11.7. The molecule has 0 heterocycles. The van der Waals surface area contributed by atoms with Gasteiger partial charge in [-0.15, -0.1) is 0 Å². The zero-order valence-corrected chi connectivity index (χ0v) is 13.1. The monoisotopic (exact) mass is 310 g/mol. The first kappa shape index (κ1) is 16.5. The van der Waals surface area contributed by atoms with Gasteiger partial charge in [0.15, 0.2) is 0 Å². The third kappa shape index (κ3) is 5.11. The van der Waals surface area contributed by atoms with Crippen LogP contribution in [0.15, 0.2) is 54.6 Å². The molecule has 4 heteroatoms. The second-order valence-electron chi connectivity index (χ2n) is 5.04. The van der Waals surface area contributed by atoms with Gasteiger partial charge in [0.05, 0.1) is 12.7 Å². The van der Waals surface area contributed by atoms with E-state index < -0.39 is 11.9 Å². The largest absolute Gasteiger partial charge is 0.465 e. The molecule has 0 aliphatic heterocycles. The summed E-state index contributed by atoms with van der Waals surface area (Å²) < 4.78 is 9.82. The molecule has 0 bridgehead atoms. The van der Waals surface area contributed by atoms with E-state index in [2.05, 4.69) is 4.74 Å². The molecule has 118 valence electrons. The van der Waals surface area contributed by atoms with Crippen molar-refractivity contribution < 1.29 is 19.1 Å². The van der Waals surface area contributed by atoms with Crippen molar-refractivity contribution in [3.8, 4) is 0 Å². The summed E-state index contributed by atoms with van der Waals surface area (Å²) in [6.07, 6.45) is 3.08. The quantitative estimate of drug-likeness (QED) is 0.626. The lowest BCUT2D eigenvalue weighted by Gasteiger charge is -2.04. The molecule has 0 aromatic heterocycles. The number of rotatable bonds is 5. The molecule has 0 saturated heterocycles. The first-order chi connectivity index (χ1) is 11.1. The van der Waals surface area contributed by atoms with Crippen molar-refractivity contribution in [1.82, 2.24) is 0 Å². The van der Waals surface area contributed by atoms with E-state index in [0.29, 0.717) is 5.56 Å². The number of benzene rings is 2. The van der Waals surface area contributed by atoms with Crippen LogP contribution in [0.5, 0.6) is 0 Å². The van der Waals surface area contributed by atoms with Gasteiger partial charge in [0, 0.05) is 6.08 Å². The Labute approximate surface area is 135 Å². The Hall–Kier alpha value is -2.88. The third-order valence-corrected chi connectivity index (χ3v) is 3.22. The molecule has 0 aliphatic rings. The predicted octanol–water partition coefficient (Wildman–Crippen LogP) is 3.54. The van der Waals surface area contributed by atoms with Crippen molar-refractivity contribution in [1.29, 1.82) is 0 Å². The van der Waals surface area contributed by atoms with Gasteiger partial charge in [-0.1, -0.05) is 42.0 Å². The van der Waals surface area contributed by atoms with E-state index in [1.807, 2.05) is 31.2 Å². The maximum atomic E-state index is 11.7. The highest BCUT2D eigenvalue weighted by molar-refractivity contribution is 5.89. The molecule has 2 aromatic carbocycles. The summed E-state index contributed by atoms with van der Waals surface area (Å²) in [4.78, 5) is 23.2. The average Bonchev–Trinajstić information content (AvgIpc) is 2.59. The Morgan fingerprint density at radius 3 is 2.52 bits per heavy atom. The van der Waals surface area contributed by atoms with Crippen LogP contribution in [0.25, 0.3) is 6.08 Å². The number of carbonyl (C=O) groups is 2. The van der Waals surface area contributed by atoms with Gasteiger partial charge in [-0.25, -0.2) is 9.59 Å². The zero-order valence-electron chi connectivity index (χ0n) is 13.1. The smallest absolute Gasteiger partial charge is 0.337 e. The number of aryl methyl sites for hydroxylation is 1. The summed E-state index contributed by atoms with van der Waals surface area (Å²) in [5, 5.41) is 0. The number of esters is 2. The van der Waals surface area contributed by atoms with E-state index in [4.69, 9.17) is 4.74 Å². The molecule has 23 heavy (non-hydrogen) atoms. The Morgan fingerprint density at radius 2 is 1.83 bits per heavy atom. The molecular formula is C19H18O4. The number of ether oxygens (including phenoxy) is 2. The van der Waals surface area contributed by atoms with Crippen LogP contribution in [0.2, 0.25) is 0 Å². The van der Waals surface area contributed by atoms with Crippen LogP contribution in [0.1, 0.15) is 27.0 Å². The van der Waals surface area contributed by atoms with Gasteiger partial charge in [0.25, 0.3) is 0 Å². The van der Waals surface area contributed by atoms with Crippen molar-refractivity contribution in [2.75, 3.05) is 7.11 Å². The molecule has 0 aliphatic carbocycles. The molecule has 2 aromatic rings. The van der Waals surface area contributed by atoms with Crippen molar-refractivity contribution in [3.05, 3.63) is 76.9 Å². The highest BCUT2D eigenvalue weighted by atomic mass is 16.5. The summed E-state index contributed by atoms with van der Waals surface area (Å²) in [6, 6.07) is 14.6. The highest BCUT2D eigenvalue weighted by Gasteiger charge is 2.06. The van der Waals surface area contributed by atoms with E-state index in [-0.39, 0.29) is 6.61 Å². The molecule has 4 nitrogen and oxygen atoms in total. The predicted molar refractivity (Wildman–Crippen MR) is 87.8 cm³/mol. The second kappa shape index (κ2) is 7.94. The minimum absolute atomic E-state index is 0.0991. The Kier molecular flexibility index (Phi) is 5.69. The van der Waals surface area contributed by atoms with E-state index in [0.717, 1.165) is 16.7 Å². The van der Waals surface area contributed by atoms with E-state index in [1.54, 1.807) is 30.3 Å². The second-order valence-corrected chi connectivity index (χ2v) is 5.04. The summed E-state index contributed by atoms with van der Waals surface area (Å²) >= 11 is 0. The third-order valence-electron chi connectivity index (χ3n) is 3.22. The van der Waals surface area contributed by atoms with Gasteiger partial charge < -0.3 is 9.47 Å². The van der Waals surface area contributed by atoms with Crippen molar-refractivity contribution >= 4 is 18.0 Å². The molecule has 0 fully saturated rings. The molecule has 0 spiro atoms. The molecule has 0 radical (unpaired) electrons. The standard InChI is InChI=1S/C19H18O4/c1-14-6-8-15(9-7-14)10-11-18(20)23-13-16-4-3-5-17(12-16)19(21)22-2/h3-12H,13H2,1-2H3/b11-10+. The fourth-order valence-electron chi connectivity index (χ4n) is 1.95. The summed E-state index contributed by atoms with van der Waals surface area (Å²) in [5.74, 6) is -0.855. The number of methoxy groups -OCH3 is 1. The lowest BCUT2D eigenvalue weighted by atomic mass is 10.1. The van der Waals surface area contributed by atoms with Crippen LogP contribution < -0.4 is 0 Å². The number of carbonyl (C=O) groups excluding carboxylic acids is 2. The van der Waals surface area contributed by atoms with Crippen molar-refractivity contribution in [3.63, 3.8) is 0 Å². The van der Waals surface area contributed by atoms with Gasteiger partial charge in [-0.05, 0) is 36.3 Å². The van der Waals surface area contributed by atoms with E-state index in [1.165, 1.54) is 13.2 Å². The lowest BCUT2D eigenvalue weighted by molar-refractivity contribution is -0.138. The highest BCUT2D eigenvalue weighted by Crippen LogP contribution is 2.09. The molecule has 0 amide bonds. The van der Waals surface area contributed by atoms with Gasteiger partial charge in [0.2, 0.25) is 0 Å². The van der Waals surface area contributed by atoms with Crippen LogP contribution >= 0.6 is 0 Å². The van der Waals surface area contributed by atoms with E-state index in [9.17, 15) is 9.59 Å². The Morgan fingerprint density at radius 1 is 1.09 bits per heavy atom. The lowest BCUT2D eigenvalue weighted by Crippen LogP contribution is -2.04. The number of hydrogen-bond acceptors (Lipinski definition) is 4. The van der Waals surface area contributed by atoms with Gasteiger partial charge in [-0.2, -0.15) is 0 Å². The maximum Gasteiger partial charge on any atom is 0.337 e. The SMILES string of the molecule is COC(=O)c1cccc(COC(=O)/C=C/c2ccc(C)cc2)c1. The van der Waals surface area contributed by atoms with Gasteiger partial charge in [-0.3, -0.25) is 0 Å². The van der Waals surface area contributed by atoms with Crippen molar-refractivity contribution in [2.24, 2.45) is 0 Å². The topological polar surface area (TPSA) is 52.6 Å². The van der Waals surface area contributed by atoms with Gasteiger partial charge in [0.1, 0.15) is 6.61 Å². The minimum atomic E-state index is -0.436. The van der Waals surface area contributed by atoms with Crippen LogP contribution in [0, 0.1) is 6.92 Å². The number of hydrogen-bond donors (Lipinski definition) is 0. The summed E-state index contributed by atoms with van der Waals surface area (Å²) in [6.45, 7) is 2.10. The Balaban J connectivity index is 1.91. The first-order valence-electron chi connectivity index (χ1n) is 7.17. The molecule has 0 atom stereocenters. The minimum Gasteiger partial charge on any atom is -0.465 e. The van der Waals surface area contributed by atoms with Crippen LogP contribution in [0.3, 0.4) is 0 Å². The first-order valence-corrected chi connectivity index (χ1v) is 7.17. The molecule has 0 saturated carbocycles. The normalized spacial score (nSPS) is 10.5. The fourth-order valence-corrected chi connectivity index (χ4v) is 1.95.